The van der Waals surface area contributed by atoms with Gasteiger partial charge in [-0.1, -0.05) is 17.7 Å². The summed E-state index contributed by atoms with van der Waals surface area (Å²) in [5.41, 5.74) is 1.34. The summed E-state index contributed by atoms with van der Waals surface area (Å²) < 4.78 is 12.9. The Kier molecular flexibility index (Phi) is 5.48. The van der Waals surface area contributed by atoms with Crippen LogP contribution < -0.4 is 10.6 Å². The maximum Gasteiger partial charge on any atom is 0.239 e. The number of amides is 2. The lowest BCUT2D eigenvalue weighted by Gasteiger charge is -2.24. The van der Waals surface area contributed by atoms with Crippen molar-refractivity contribution in [2.24, 2.45) is 5.41 Å². The van der Waals surface area contributed by atoms with E-state index in [4.69, 9.17) is 11.6 Å². The molecule has 0 spiro atoms. The van der Waals surface area contributed by atoms with Crippen LogP contribution in [-0.2, 0) is 9.59 Å². The van der Waals surface area contributed by atoms with Crippen molar-refractivity contribution in [1.82, 2.24) is 0 Å². The second kappa shape index (κ2) is 7.23. The highest BCUT2D eigenvalue weighted by Crippen LogP contribution is 2.29. The maximum absolute atomic E-state index is 12.9. The van der Waals surface area contributed by atoms with Crippen LogP contribution in [0.3, 0.4) is 0 Å². The van der Waals surface area contributed by atoms with E-state index in [1.165, 1.54) is 38.1 Å². The molecule has 132 valence electrons. The van der Waals surface area contributed by atoms with Crippen molar-refractivity contribution in [1.29, 1.82) is 0 Å². The molecule has 0 saturated heterocycles. The van der Waals surface area contributed by atoms with Crippen LogP contribution in [0.2, 0.25) is 5.02 Å². The van der Waals surface area contributed by atoms with Gasteiger partial charge in [0.1, 0.15) is 11.2 Å². The third-order valence-electron chi connectivity index (χ3n) is 3.91. The summed E-state index contributed by atoms with van der Waals surface area (Å²) in [4.78, 5) is 25.1. The molecule has 2 N–H and O–H groups in total. The minimum absolute atomic E-state index is 0.403. The summed E-state index contributed by atoms with van der Waals surface area (Å²) in [6.45, 7) is 6.77. The molecule has 2 rings (SSSR count). The van der Waals surface area contributed by atoms with Crippen LogP contribution >= 0.6 is 11.6 Å². The predicted octanol–water partition coefficient (Wildman–Crippen LogP) is 4.70. The fourth-order valence-electron chi connectivity index (χ4n) is 2.27. The second-order valence-corrected chi connectivity index (χ2v) is 6.89. The Labute approximate surface area is 151 Å². The number of hydrogen-bond donors (Lipinski definition) is 2. The molecule has 2 amide bonds. The van der Waals surface area contributed by atoms with Gasteiger partial charge in [0.2, 0.25) is 11.8 Å². The molecule has 0 aliphatic rings. The zero-order valence-corrected chi connectivity index (χ0v) is 15.3. The number of halogens is 2. The summed E-state index contributed by atoms with van der Waals surface area (Å²) in [5.74, 6) is -1.39. The number of benzene rings is 2. The van der Waals surface area contributed by atoms with E-state index in [-0.39, 0.29) is 0 Å². The molecule has 0 fully saturated rings. The van der Waals surface area contributed by atoms with Gasteiger partial charge in [0.15, 0.2) is 0 Å². The number of aryl methyl sites for hydroxylation is 2. The first-order chi connectivity index (χ1) is 11.6. The lowest BCUT2D eigenvalue weighted by atomic mass is 9.90. The van der Waals surface area contributed by atoms with Crippen molar-refractivity contribution in [2.45, 2.75) is 27.7 Å². The maximum atomic E-state index is 12.9. The number of rotatable bonds is 4. The fraction of sp³-hybridized carbons (Fsp3) is 0.263. The molecule has 0 aliphatic heterocycles. The largest absolute Gasteiger partial charge is 0.325 e. The van der Waals surface area contributed by atoms with Gasteiger partial charge < -0.3 is 10.6 Å². The smallest absolute Gasteiger partial charge is 0.239 e. The van der Waals surface area contributed by atoms with Crippen LogP contribution in [0.15, 0.2) is 36.4 Å². The van der Waals surface area contributed by atoms with Crippen molar-refractivity contribution >= 4 is 34.8 Å². The minimum Gasteiger partial charge on any atom is -0.325 e. The molecule has 0 aromatic heterocycles. The molecule has 0 atom stereocenters. The highest BCUT2D eigenvalue weighted by atomic mass is 35.5. The Hall–Kier alpha value is -2.40. The highest BCUT2D eigenvalue weighted by molar-refractivity contribution is 6.34. The predicted molar refractivity (Wildman–Crippen MR) is 98.4 cm³/mol. The molecular weight excluding hydrogens is 343 g/mol. The fourth-order valence-corrected chi connectivity index (χ4v) is 2.64. The van der Waals surface area contributed by atoms with Crippen LogP contribution in [0, 0.1) is 25.1 Å². The van der Waals surface area contributed by atoms with Gasteiger partial charge in [-0.05, 0) is 69.2 Å². The summed E-state index contributed by atoms with van der Waals surface area (Å²) in [6, 6.07) is 8.98. The highest BCUT2D eigenvalue weighted by Gasteiger charge is 2.36. The topological polar surface area (TPSA) is 58.2 Å². The third kappa shape index (κ3) is 4.37. The Morgan fingerprint density at radius 1 is 1.00 bits per heavy atom. The second-order valence-electron chi connectivity index (χ2n) is 6.48. The average molecular weight is 363 g/mol. The van der Waals surface area contributed by atoms with Crippen molar-refractivity contribution in [3.63, 3.8) is 0 Å². The number of hydrogen-bond acceptors (Lipinski definition) is 2. The Balaban J connectivity index is 2.16. The van der Waals surface area contributed by atoms with Crippen LogP contribution in [0.25, 0.3) is 0 Å². The molecule has 0 aliphatic carbocycles. The lowest BCUT2D eigenvalue weighted by molar-refractivity contribution is -0.135. The van der Waals surface area contributed by atoms with Crippen LogP contribution in [-0.4, -0.2) is 11.8 Å². The quantitative estimate of drug-likeness (QED) is 0.774. The van der Waals surface area contributed by atoms with Crippen LogP contribution in [0.4, 0.5) is 15.8 Å². The van der Waals surface area contributed by atoms with E-state index in [2.05, 4.69) is 10.6 Å². The summed E-state index contributed by atoms with van der Waals surface area (Å²) in [6.07, 6.45) is 0. The molecule has 6 heteroatoms. The van der Waals surface area contributed by atoms with Gasteiger partial charge in [0.05, 0.1) is 10.7 Å². The van der Waals surface area contributed by atoms with E-state index in [1.807, 2.05) is 19.9 Å². The molecule has 2 aromatic carbocycles. The lowest BCUT2D eigenvalue weighted by Crippen LogP contribution is -2.41. The monoisotopic (exact) mass is 362 g/mol. The zero-order chi connectivity index (χ0) is 18.8. The third-order valence-corrected chi connectivity index (χ3v) is 4.21. The van der Waals surface area contributed by atoms with Crippen LogP contribution in [0.1, 0.15) is 25.0 Å². The SMILES string of the molecule is Cc1cc(C)c(NC(=O)C(C)(C)C(=O)Nc2ccc(F)cc2)c(Cl)c1. The molecular formula is C19H20ClFN2O2. The molecule has 0 radical (unpaired) electrons. The van der Waals surface area contributed by atoms with Crippen molar-refractivity contribution in [3.05, 3.63) is 58.4 Å². The Morgan fingerprint density at radius 2 is 1.56 bits per heavy atom. The van der Waals surface area contributed by atoms with Crippen LogP contribution in [0.5, 0.6) is 0 Å². The normalized spacial score (nSPS) is 11.1. The molecule has 2 aromatic rings. The zero-order valence-electron chi connectivity index (χ0n) is 14.5. The van der Waals surface area contributed by atoms with Gasteiger partial charge in [-0.2, -0.15) is 0 Å². The van der Waals surface area contributed by atoms with Gasteiger partial charge in [0.25, 0.3) is 0 Å². The molecule has 0 heterocycles. The number of carbonyl (C=O) groups excluding carboxylic acids is 2. The Morgan fingerprint density at radius 3 is 2.12 bits per heavy atom. The molecule has 4 nitrogen and oxygen atoms in total. The summed E-state index contributed by atoms with van der Waals surface area (Å²) >= 11 is 6.20. The number of anilines is 2. The first kappa shape index (κ1) is 18.9. The van der Waals surface area contributed by atoms with Gasteiger partial charge in [-0.15, -0.1) is 0 Å². The number of nitrogens with one attached hydrogen (secondary N) is 2. The molecule has 0 saturated carbocycles. The summed E-state index contributed by atoms with van der Waals surface area (Å²) in [5, 5.41) is 5.76. The van der Waals surface area contributed by atoms with E-state index in [0.717, 1.165) is 11.1 Å². The van der Waals surface area contributed by atoms with Gasteiger partial charge in [0, 0.05) is 5.69 Å². The number of carbonyl (C=O) groups is 2. The molecule has 0 unspecified atom stereocenters. The molecule has 25 heavy (non-hydrogen) atoms. The van der Waals surface area contributed by atoms with Gasteiger partial charge >= 0.3 is 0 Å². The van der Waals surface area contributed by atoms with Crippen molar-refractivity contribution in [2.75, 3.05) is 10.6 Å². The average Bonchev–Trinajstić information content (AvgIpc) is 2.52. The van der Waals surface area contributed by atoms with E-state index in [1.54, 1.807) is 6.07 Å². The van der Waals surface area contributed by atoms with Gasteiger partial charge in [-0.25, -0.2) is 4.39 Å². The van der Waals surface area contributed by atoms with E-state index >= 15 is 0 Å². The molecule has 0 bridgehead atoms. The van der Waals surface area contributed by atoms with Crippen molar-refractivity contribution < 1.29 is 14.0 Å². The minimum atomic E-state index is -1.35. The Bertz CT molecular complexity index is 794. The standard InChI is InChI=1S/C19H20ClFN2O2/c1-11-9-12(2)16(15(20)10-11)23-18(25)19(3,4)17(24)22-14-7-5-13(21)6-8-14/h5-10H,1-4H3,(H,22,24)(H,23,25). The van der Waals surface area contributed by atoms with E-state index in [0.29, 0.717) is 16.4 Å². The van der Waals surface area contributed by atoms with E-state index in [9.17, 15) is 14.0 Å². The first-order valence-electron chi connectivity index (χ1n) is 7.76. The summed E-state index contributed by atoms with van der Waals surface area (Å²) in [7, 11) is 0. The first-order valence-corrected chi connectivity index (χ1v) is 8.14. The van der Waals surface area contributed by atoms with E-state index < -0.39 is 23.0 Å². The van der Waals surface area contributed by atoms with Gasteiger partial charge in [-0.3, -0.25) is 9.59 Å². The van der Waals surface area contributed by atoms with Crippen molar-refractivity contribution in [3.8, 4) is 0 Å².